The number of nitrogens with one attached hydrogen (secondary N) is 1. The van der Waals surface area contributed by atoms with Crippen molar-refractivity contribution in [2.24, 2.45) is 0 Å². The molecule has 1 aromatic heterocycles. The fourth-order valence-corrected chi connectivity index (χ4v) is 5.70. The van der Waals surface area contributed by atoms with Crippen LogP contribution in [0.15, 0.2) is 121 Å². The van der Waals surface area contributed by atoms with Crippen LogP contribution in [0.2, 0.25) is 0 Å². The largest absolute Gasteiger partial charge is 0.461 e. The van der Waals surface area contributed by atoms with Crippen LogP contribution in [0, 0.1) is 0 Å². The molecule has 1 heterocycles. The van der Waals surface area contributed by atoms with Crippen LogP contribution in [-0.2, 0) is 16.6 Å². The number of hydrogen-bond donors (Lipinski definition) is 1. The maximum Gasteiger partial charge on any atom is 0.355 e. The summed E-state index contributed by atoms with van der Waals surface area (Å²) in [6.45, 7) is 8.81. The summed E-state index contributed by atoms with van der Waals surface area (Å²) >= 11 is 0. The Labute approximate surface area is 259 Å². The third kappa shape index (κ3) is 6.16. The number of rotatable bonds is 8. The van der Waals surface area contributed by atoms with E-state index < -0.39 is 0 Å². The van der Waals surface area contributed by atoms with Gasteiger partial charge in [-0.2, -0.15) is 0 Å². The quantitative estimate of drug-likeness (QED) is 0.183. The summed E-state index contributed by atoms with van der Waals surface area (Å²) in [7, 11) is 0. The minimum Gasteiger partial charge on any atom is -0.461 e. The van der Waals surface area contributed by atoms with Gasteiger partial charge in [-0.1, -0.05) is 112 Å². The lowest BCUT2D eigenvalue weighted by atomic mass is 9.86. The molecule has 0 aliphatic heterocycles. The van der Waals surface area contributed by atoms with Crippen molar-refractivity contribution in [2.75, 3.05) is 6.61 Å². The lowest BCUT2D eigenvalue weighted by Gasteiger charge is -2.19. The van der Waals surface area contributed by atoms with Crippen molar-refractivity contribution < 1.29 is 14.3 Å². The van der Waals surface area contributed by atoms with E-state index >= 15 is 0 Å². The molecule has 4 nitrogen and oxygen atoms in total. The highest BCUT2D eigenvalue weighted by molar-refractivity contribution is 6.10. The average molecular weight is 580 g/mol. The Hall–Kier alpha value is -5.09. The molecule has 6 rings (SSSR count). The molecule has 0 bridgehead atoms. The average Bonchev–Trinajstić information content (AvgIpc) is 3.42. The summed E-state index contributed by atoms with van der Waals surface area (Å²) in [5.74, 6) is 1.22. The second-order valence-electron chi connectivity index (χ2n) is 12.1. The first kappa shape index (κ1) is 29.0. The van der Waals surface area contributed by atoms with Crippen LogP contribution in [0.25, 0.3) is 33.2 Å². The lowest BCUT2D eigenvalue weighted by molar-refractivity contribution is 0.0521. The molecule has 0 aliphatic rings. The lowest BCUT2D eigenvalue weighted by Crippen LogP contribution is -2.10. The van der Waals surface area contributed by atoms with E-state index in [0.29, 0.717) is 18.7 Å². The zero-order chi connectivity index (χ0) is 30.7. The maximum absolute atomic E-state index is 13.3. The van der Waals surface area contributed by atoms with Crippen molar-refractivity contribution in [3.05, 3.63) is 144 Å². The normalized spacial score (nSPS) is 11.5. The Kier molecular flexibility index (Phi) is 8.08. The predicted molar refractivity (Wildman–Crippen MR) is 180 cm³/mol. The number of hydrogen-bond acceptors (Lipinski definition) is 3. The summed E-state index contributed by atoms with van der Waals surface area (Å²) in [5, 5.41) is 1.02. The first-order valence-electron chi connectivity index (χ1n) is 15.1. The van der Waals surface area contributed by atoms with Crippen LogP contribution in [0.5, 0.6) is 11.5 Å². The fourth-order valence-electron chi connectivity index (χ4n) is 5.70. The highest BCUT2D eigenvalue weighted by Crippen LogP contribution is 2.39. The molecule has 0 spiro atoms. The van der Waals surface area contributed by atoms with Gasteiger partial charge in [0.25, 0.3) is 0 Å². The summed E-state index contributed by atoms with van der Waals surface area (Å²) in [6, 6.07) is 41.3. The summed E-state index contributed by atoms with van der Waals surface area (Å²) in [5.41, 5.74) is 8.97. The second-order valence-corrected chi connectivity index (χ2v) is 12.1. The number of ether oxygens (including phenoxy) is 2. The summed E-state index contributed by atoms with van der Waals surface area (Å²) in [6.07, 6.45) is 0.649. The predicted octanol–water partition coefficient (Wildman–Crippen LogP) is 10.4. The van der Waals surface area contributed by atoms with E-state index in [1.807, 2.05) is 79.7 Å². The van der Waals surface area contributed by atoms with Gasteiger partial charge in [0.2, 0.25) is 0 Å². The molecule has 0 atom stereocenters. The molecule has 4 heteroatoms. The van der Waals surface area contributed by atoms with Gasteiger partial charge in [-0.05, 0) is 82.5 Å². The molecule has 6 aromatic rings. The van der Waals surface area contributed by atoms with Gasteiger partial charge < -0.3 is 14.5 Å². The van der Waals surface area contributed by atoms with Gasteiger partial charge in [-0.3, -0.25) is 0 Å². The second kappa shape index (κ2) is 12.3. The fraction of sp³-hybridized carbons (Fsp3) is 0.175. The van der Waals surface area contributed by atoms with E-state index in [1.165, 1.54) is 5.56 Å². The SMILES string of the molecule is CCOC(=O)c1[nH]c2cc(-c3ccc(C(C)(C)C)cc3)cc(Cc3cccc(Oc4ccccc4)c3)c2c1-c1ccccc1. The number of benzene rings is 5. The third-order valence-corrected chi connectivity index (χ3v) is 7.88. The molecule has 44 heavy (non-hydrogen) atoms. The Morgan fingerprint density at radius 1 is 0.705 bits per heavy atom. The van der Waals surface area contributed by atoms with Crippen molar-refractivity contribution >= 4 is 16.9 Å². The Bertz CT molecular complexity index is 1900. The Morgan fingerprint density at radius 3 is 2.07 bits per heavy atom. The summed E-state index contributed by atoms with van der Waals surface area (Å²) in [4.78, 5) is 16.8. The number of aromatic nitrogens is 1. The first-order valence-corrected chi connectivity index (χ1v) is 15.1. The molecule has 0 saturated carbocycles. The van der Waals surface area contributed by atoms with Crippen molar-refractivity contribution in [2.45, 2.75) is 39.5 Å². The van der Waals surface area contributed by atoms with E-state index in [-0.39, 0.29) is 11.4 Å². The van der Waals surface area contributed by atoms with Crippen LogP contribution < -0.4 is 4.74 Å². The van der Waals surface area contributed by atoms with Gasteiger partial charge in [0.1, 0.15) is 17.2 Å². The molecule has 5 aromatic carbocycles. The Balaban J connectivity index is 1.52. The minimum atomic E-state index is -0.358. The van der Waals surface area contributed by atoms with Crippen molar-refractivity contribution in [1.29, 1.82) is 0 Å². The summed E-state index contributed by atoms with van der Waals surface area (Å²) < 4.78 is 11.7. The number of carbonyl (C=O) groups excluding carboxylic acids is 1. The van der Waals surface area contributed by atoms with Crippen molar-refractivity contribution in [1.82, 2.24) is 4.98 Å². The number of carbonyl (C=O) groups is 1. The molecule has 0 fully saturated rings. The molecule has 220 valence electrons. The number of fused-ring (bicyclic) bond motifs is 1. The number of aromatic amines is 1. The van der Waals surface area contributed by atoms with E-state index in [2.05, 4.69) is 74.3 Å². The van der Waals surface area contributed by atoms with Crippen LogP contribution in [-0.4, -0.2) is 17.6 Å². The zero-order valence-electron chi connectivity index (χ0n) is 25.7. The molecular formula is C40H37NO3. The Morgan fingerprint density at radius 2 is 1.39 bits per heavy atom. The van der Waals surface area contributed by atoms with Crippen LogP contribution in [0.4, 0.5) is 0 Å². The molecule has 0 unspecified atom stereocenters. The van der Waals surface area contributed by atoms with Crippen LogP contribution in [0.3, 0.4) is 0 Å². The highest BCUT2D eigenvalue weighted by atomic mass is 16.5. The van der Waals surface area contributed by atoms with E-state index in [4.69, 9.17) is 9.47 Å². The minimum absolute atomic E-state index is 0.0685. The molecule has 0 amide bonds. The van der Waals surface area contributed by atoms with Gasteiger partial charge in [0, 0.05) is 16.5 Å². The molecule has 1 N–H and O–H groups in total. The first-order chi connectivity index (χ1) is 21.3. The number of H-pyrrole nitrogens is 1. The topological polar surface area (TPSA) is 51.3 Å². The smallest absolute Gasteiger partial charge is 0.355 e. The monoisotopic (exact) mass is 579 g/mol. The van der Waals surface area contributed by atoms with Crippen LogP contribution >= 0.6 is 0 Å². The maximum atomic E-state index is 13.3. The van der Waals surface area contributed by atoms with E-state index in [0.717, 1.165) is 55.8 Å². The van der Waals surface area contributed by atoms with Gasteiger partial charge in [0.05, 0.1) is 6.61 Å². The van der Waals surface area contributed by atoms with E-state index in [1.54, 1.807) is 0 Å². The van der Waals surface area contributed by atoms with Gasteiger partial charge in [-0.15, -0.1) is 0 Å². The standard InChI is InChI=1S/C40H37NO3/c1-5-43-39(42)38-37(29-14-8-6-9-15-29)36-31(23-27-13-12-18-34(24-27)44-33-16-10-7-11-17-33)25-30(26-35(36)41-38)28-19-21-32(22-20-28)40(2,3)4/h6-22,24-26,41H,5,23H2,1-4H3. The van der Waals surface area contributed by atoms with Gasteiger partial charge in [0.15, 0.2) is 0 Å². The zero-order valence-corrected chi connectivity index (χ0v) is 25.7. The van der Waals surface area contributed by atoms with Crippen molar-refractivity contribution in [3.8, 4) is 33.8 Å². The third-order valence-electron chi connectivity index (χ3n) is 7.88. The van der Waals surface area contributed by atoms with Crippen LogP contribution in [0.1, 0.15) is 54.9 Å². The van der Waals surface area contributed by atoms with E-state index in [9.17, 15) is 4.79 Å². The molecule has 0 saturated heterocycles. The number of para-hydroxylation sites is 1. The van der Waals surface area contributed by atoms with Gasteiger partial charge in [-0.25, -0.2) is 4.79 Å². The number of esters is 1. The highest BCUT2D eigenvalue weighted by Gasteiger charge is 2.23. The van der Waals surface area contributed by atoms with Crippen molar-refractivity contribution in [3.63, 3.8) is 0 Å². The molecular weight excluding hydrogens is 542 g/mol. The van der Waals surface area contributed by atoms with Gasteiger partial charge >= 0.3 is 5.97 Å². The molecule has 0 aliphatic carbocycles. The molecule has 0 radical (unpaired) electrons.